The number of aliphatic hydroxyl groups is 2. The third-order valence-electron chi connectivity index (χ3n) is 6.15. The highest BCUT2D eigenvalue weighted by Gasteiger charge is 2.20. The molecule has 4 N–H and O–H groups in total. The Hall–Kier alpha value is -2.89. The number of ketones is 1. The minimum atomic E-state index is 0.0504. The van der Waals surface area contributed by atoms with E-state index in [2.05, 4.69) is 10.6 Å². The Labute approximate surface area is 197 Å². The summed E-state index contributed by atoms with van der Waals surface area (Å²) in [5.41, 5.74) is 5.65. The molecule has 0 aromatic heterocycles. The number of hydrogen-bond acceptors (Lipinski definition) is 5. The average Bonchev–Trinajstić information content (AvgIpc) is 2.85. The van der Waals surface area contributed by atoms with Crippen molar-refractivity contribution in [2.75, 3.05) is 23.8 Å². The normalized spacial score (nSPS) is 18.4. The molecule has 2 unspecified atom stereocenters. The van der Waals surface area contributed by atoms with Gasteiger partial charge in [0.15, 0.2) is 5.78 Å². The molecule has 0 heterocycles. The Bertz CT molecular complexity index is 876. The Morgan fingerprint density at radius 1 is 0.758 bits per heavy atom. The number of Topliss-reactive ketones (excluding diaryl/α,β-unsaturated/α-hetero) is 1. The fourth-order valence-corrected chi connectivity index (χ4v) is 3.96. The highest BCUT2D eigenvalue weighted by molar-refractivity contribution is 6.14. The van der Waals surface area contributed by atoms with Crippen molar-refractivity contribution < 1.29 is 15.0 Å². The first-order chi connectivity index (χ1) is 16.1. The minimum Gasteiger partial charge on any atom is -0.394 e. The highest BCUT2D eigenvalue weighted by atomic mass is 16.3. The van der Waals surface area contributed by atoms with Gasteiger partial charge in [-0.1, -0.05) is 38.1 Å². The number of benzene rings is 2. The molecule has 3 rings (SSSR count). The van der Waals surface area contributed by atoms with E-state index >= 15 is 0 Å². The zero-order valence-electron chi connectivity index (χ0n) is 19.7. The van der Waals surface area contributed by atoms with Crippen LogP contribution in [-0.4, -0.2) is 41.3 Å². The van der Waals surface area contributed by atoms with Gasteiger partial charge in [-0.2, -0.15) is 0 Å². The number of aliphatic hydroxyl groups excluding tert-OH is 2. The summed E-state index contributed by atoms with van der Waals surface area (Å²) in [6.07, 6.45) is 8.25. The fourth-order valence-electron chi connectivity index (χ4n) is 3.96. The first-order valence-corrected chi connectivity index (χ1v) is 12.0. The number of nitrogens with one attached hydrogen (secondary N) is 2. The lowest BCUT2D eigenvalue weighted by Gasteiger charge is -2.18. The second kappa shape index (κ2) is 12.4. The van der Waals surface area contributed by atoms with Gasteiger partial charge in [0.05, 0.1) is 13.2 Å². The van der Waals surface area contributed by atoms with Gasteiger partial charge in [-0.3, -0.25) is 4.79 Å². The van der Waals surface area contributed by atoms with E-state index in [-0.39, 0.29) is 31.1 Å². The van der Waals surface area contributed by atoms with E-state index in [1.165, 1.54) is 0 Å². The topological polar surface area (TPSA) is 81.6 Å². The molecule has 2 aromatic rings. The lowest BCUT2D eigenvalue weighted by molar-refractivity contribution is -0.112. The zero-order valence-corrected chi connectivity index (χ0v) is 19.7. The molecule has 1 aliphatic rings. The summed E-state index contributed by atoms with van der Waals surface area (Å²) < 4.78 is 0. The van der Waals surface area contributed by atoms with Crippen LogP contribution in [0.2, 0.25) is 0 Å². The van der Waals surface area contributed by atoms with Crippen molar-refractivity contribution in [1.29, 1.82) is 0 Å². The van der Waals surface area contributed by atoms with E-state index in [1.54, 1.807) is 0 Å². The van der Waals surface area contributed by atoms with Crippen LogP contribution in [0.5, 0.6) is 0 Å². The first kappa shape index (κ1) is 24.7. The minimum absolute atomic E-state index is 0.0504. The van der Waals surface area contributed by atoms with Crippen LogP contribution in [0.15, 0.2) is 59.7 Å². The van der Waals surface area contributed by atoms with E-state index in [0.29, 0.717) is 0 Å². The van der Waals surface area contributed by atoms with E-state index in [0.717, 1.165) is 65.8 Å². The predicted molar refractivity (Wildman–Crippen MR) is 137 cm³/mol. The van der Waals surface area contributed by atoms with Crippen molar-refractivity contribution in [2.24, 2.45) is 0 Å². The molecule has 176 valence electrons. The molecule has 0 spiro atoms. The van der Waals surface area contributed by atoms with Gasteiger partial charge in [0, 0.05) is 34.6 Å². The van der Waals surface area contributed by atoms with Crippen LogP contribution < -0.4 is 10.6 Å². The Morgan fingerprint density at radius 3 is 1.48 bits per heavy atom. The Balaban J connectivity index is 1.69. The molecule has 2 atom stereocenters. The highest BCUT2D eigenvalue weighted by Crippen LogP contribution is 2.28. The maximum atomic E-state index is 13.1. The van der Waals surface area contributed by atoms with Crippen LogP contribution in [0.3, 0.4) is 0 Å². The van der Waals surface area contributed by atoms with Gasteiger partial charge in [-0.15, -0.1) is 0 Å². The molecular weight excluding hydrogens is 412 g/mol. The second-order valence-electron chi connectivity index (χ2n) is 8.63. The number of rotatable bonds is 10. The number of carbonyl (C=O) groups excluding carboxylic acids is 1. The number of hydrogen-bond donors (Lipinski definition) is 4. The number of carbonyl (C=O) groups is 1. The van der Waals surface area contributed by atoms with Crippen LogP contribution in [0.1, 0.15) is 57.1 Å². The molecule has 0 radical (unpaired) electrons. The van der Waals surface area contributed by atoms with Gasteiger partial charge in [0.1, 0.15) is 0 Å². The van der Waals surface area contributed by atoms with Crippen LogP contribution >= 0.6 is 0 Å². The lowest BCUT2D eigenvalue weighted by Crippen LogP contribution is -2.22. The van der Waals surface area contributed by atoms with Crippen molar-refractivity contribution in [3.63, 3.8) is 0 Å². The molecule has 0 saturated heterocycles. The summed E-state index contributed by atoms with van der Waals surface area (Å²) in [7, 11) is 0. The van der Waals surface area contributed by atoms with Gasteiger partial charge >= 0.3 is 0 Å². The maximum Gasteiger partial charge on any atom is 0.185 e. The Kier molecular flexibility index (Phi) is 9.28. The summed E-state index contributed by atoms with van der Waals surface area (Å²) >= 11 is 0. The van der Waals surface area contributed by atoms with E-state index in [9.17, 15) is 15.0 Å². The standard InChI is InChI=1S/C28H36N2O3/c1-3-24(18-31)29-26-12-8-20(9-13-26)16-22-6-5-7-23(28(22)33)17-21-10-14-27(15-11-21)30-25(4-2)19-32/h8-17,24-25,29-32H,3-7,18-19H2,1-2H3. The Morgan fingerprint density at radius 2 is 1.15 bits per heavy atom. The zero-order chi connectivity index (χ0) is 23.6. The smallest absolute Gasteiger partial charge is 0.185 e. The van der Waals surface area contributed by atoms with Gasteiger partial charge in [0.2, 0.25) is 0 Å². The summed E-state index contributed by atoms with van der Waals surface area (Å²) in [6, 6.07) is 16.1. The van der Waals surface area contributed by atoms with Gasteiger partial charge in [-0.25, -0.2) is 0 Å². The summed E-state index contributed by atoms with van der Waals surface area (Å²) in [6.45, 7) is 4.29. The van der Waals surface area contributed by atoms with Crippen molar-refractivity contribution in [3.8, 4) is 0 Å². The van der Waals surface area contributed by atoms with Crippen molar-refractivity contribution in [1.82, 2.24) is 0 Å². The van der Waals surface area contributed by atoms with E-state index in [1.807, 2.05) is 74.5 Å². The van der Waals surface area contributed by atoms with Crippen LogP contribution in [-0.2, 0) is 4.79 Å². The molecule has 2 aromatic carbocycles. The van der Waals surface area contributed by atoms with E-state index < -0.39 is 0 Å². The first-order valence-electron chi connectivity index (χ1n) is 12.0. The number of allylic oxidation sites excluding steroid dienone is 2. The van der Waals surface area contributed by atoms with Gasteiger partial charge in [-0.05, 0) is 79.6 Å². The predicted octanol–water partition coefficient (Wildman–Crippen LogP) is 5.27. The molecule has 33 heavy (non-hydrogen) atoms. The van der Waals surface area contributed by atoms with Crippen molar-refractivity contribution >= 4 is 29.3 Å². The largest absolute Gasteiger partial charge is 0.394 e. The molecule has 1 fully saturated rings. The molecule has 5 nitrogen and oxygen atoms in total. The molecule has 0 amide bonds. The van der Waals surface area contributed by atoms with E-state index in [4.69, 9.17) is 0 Å². The quantitative estimate of drug-likeness (QED) is 0.372. The van der Waals surface area contributed by atoms with Crippen molar-refractivity contribution in [3.05, 3.63) is 70.8 Å². The van der Waals surface area contributed by atoms with Crippen LogP contribution in [0, 0.1) is 0 Å². The average molecular weight is 449 g/mol. The molecule has 1 saturated carbocycles. The lowest BCUT2D eigenvalue weighted by atomic mass is 9.87. The summed E-state index contributed by atoms with van der Waals surface area (Å²) in [4.78, 5) is 13.1. The van der Waals surface area contributed by atoms with Crippen LogP contribution in [0.4, 0.5) is 11.4 Å². The molecule has 1 aliphatic carbocycles. The third-order valence-corrected chi connectivity index (χ3v) is 6.15. The molecule has 0 bridgehead atoms. The summed E-state index contributed by atoms with van der Waals surface area (Å²) in [5, 5.41) is 25.3. The third kappa shape index (κ3) is 7.04. The maximum absolute atomic E-state index is 13.1. The molecule has 0 aliphatic heterocycles. The van der Waals surface area contributed by atoms with Crippen LogP contribution in [0.25, 0.3) is 12.2 Å². The number of anilines is 2. The summed E-state index contributed by atoms with van der Waals surface area (Å²) in [5.74, 6) is 0.128. The fraction of sp³-hybridized carbons (Fsp3) is 0.393. The monoisotopic (exact) mass is 448 g/mol. The molecule has 5 heteroatoms. The van der Waals surface area contributed by atoms with Gasteiger partial charge < -0.3 is 20.8 Å². The van der Waals surface area contributed by atoms with Crippen molar-refractivity contribution in [2.45, 2.75) is 58.0 Å². The second-order valence-corrected chi connectivity index (χ2v) is 8.63. The van der Waals surface area contributed by atoms with Gasteiger partial charge in [0.25, 0.3) is 0 Å². The SMILES string of the molecule is CCC(CO)Nc1ccc(C=C2CCCC(=Cc3ccc(NC(CC)CO)cc3)C2=O)cc1. The molecular formula is C28H36N2O3.